The van der Waals surface area contributed by atoms with Crippen LogP contribution in [0.4, 0.5) is 0 Å². The molecule has 2 fully saturated rings. The van der Waals surface area contributed by atoms with Gasteiger partial charge in [0.15, 0.2) is 0 Å². The summed E-state index contributed by atoms with van der Waals surface area (Å²) >= 11 is 0. The van der Waals surface area contributed by atoms with Crippen LogP contribution in [-0.4, -0.2) is 54.2 Å². The lowest BCUT2D eigenvalue weighted by Crippen LogP contribution is -2.47. The van der Waals surface area contributed by atoms with Gasteiger partial charge in [0, 0.05) is 32.0 Å². The van der Waals surface area contributed by atoms with Crippen molar-refractivity contribution in [3.8, 4) is 0 Å². The lowest BCUT2D eigenvalue weighted by molar-refractivity contribution is -0.136. The standard InChI is InChI=1S/C12H20N2O2/c1-13(10-3-2-4-10)9-12(16)14-7-5-11(15)6-8-14/h10H,2-9H2,1H3. The number of hydrogen-bond acceptors (Lipinski definition) is 3. The molecule has 0 aromatic rings. The van der Waals surface area contributed by atoms with Crippen molar-refractivity contribution in [3.05, 3.63) is 0 Å². The summed E-state index contributed by atoms with van der Waals surface area (Å²) in [6.45, 7) is 1.76. The van der Waals surface area contributed by atoms with E-state index >= 15 is 0 Å². The highest BCUT2D eigenvalue weighted by Crippen LogP contribution is 2.23. The van der Waals surface area contributed by atoms with Crippen molar-refractivity contribution in [1.82, 2.24) is 9.80 Å². The van der Waals surface area contributed by atoms with E-state index in [1.807, 2.05) is 11.9 Å². The minimum Gasteiger partial charge on any atom is -0.341 e. The molecule has 1 saturated heterocycles. The first-order valence-corrected chi connectivity index (χ1v) is 6.16. The van der Waals surface area contributed by atoms with Crippen LogP contribution < -0.4 is 0 Å². The molecular formula is C12H20N2O2. The molecule has 0 atom stereocenters. The van der Waals surface area contributed by atoms with Crippen molar-refractivity contribution < 1.29 is 9.59 Å². The van der Waals surface area contributed by atoms with E-state index in [1.165, 1.54) is 19.3 Å². The van der Waals surface area contributed by atoms with Gasteiger partial charge in [-0.3, -0.25) is 14.5 Å². The SMILES string of the molecule is CN(CC(=O)N1CCC(=O)CC1)C1CCC1. The normalized spacial score (nSPS) is 22.4. The molecule has 4 heteroatoms. The van der Waals surface area contributed by atoms with Crippen LogP contribution in [0, 0.1) is 0 Å². The molecule has 4 nitrogen and oxygen atoms in total. The maximum absolute atomic E-state index is 11.9. The summed E-state index contributed by atoms with van der Waals surface area (Å²) in [6.07, 6.45) is 4.82. The fourth-order valence-corrected chi connectivity index (χ4v) is 2.28. The Labute approximate surface area is 96.6 Å². The number of hydrogen-bond donors (Lipinski definition) is 0. The predicted octanol–water partition coefficient (Wildman–Crippen LogP) is 0.662. The Balaban J connectivity index is 1.76. The van der Waals surface area contributed by atoms with Crippen molar-refractivity contribution in [2.75, 3.05) is 26.7 Å². The molecule has 90 valence electrons. The topological polar surface area (TPSA) is 40.6 Å². The van der Waals surface area contributed by atoms with Crippen LogP contribution in [0.25, 0.3) is 0 Å². The highest BCUT2D eigenvalue weighted by atomic mass is 16.2. The van der Waals surface area contributed by atoms with Crippen molar-refractivity contribution in [1.29, 1.82) is 0 Å². The Morgan fingerprint density at radius 1 is 1.38 bits per heavy atom. The van der Waals surface area contributed by atoms with Crippen molar-refractivity contribution in [3.63, 3.8) is 0 Å². The Hall–Kier alpha value is -0.900. The van der Waals surface area contributed by atoms with Gasteiger partial charge in [-0.15, -0.1) is 0 Å². The Kier molecular flexibility index (Phi) is 3.59. The second kappa shape index (κ2) is 4.95. The molecule has 1 aliphatic carbocycles. The molecule has 0 N–H and O–H groups in total. The quantitative estimate of drug-likeness (QED) is 0.707. The first kappa shape index (κ1) is 11.6. The number of likely N-dealkylation sites (N-methyl/N-ethyl adjacent to an activating group) is 1. The van der Waals surface area contributed by atoms with Crippen molar-refractivity contribution >= 4 is 11.7 Å². The highest BCUT2D eigenvalue weighted by Gasteiger charge is 2.26. The van der Waals surface area contributed by atoms with E-state index in [1.54, 1.807) is 0 Å². The minimum absolute atomic E-state index is 0.182. The third kappa shape index (κ3) is 2.61. The van der Waals surface area contributed by atoms with Crippen LogP contribution in [0.15, 0.2) is 0 Å². The summed E-state index contributed by atoms with van der Waals surface area (Å²) in [5.74, 6) is 0.471. The molecule has 0 radical (unpaired) electrons. The number of carbonyl (C=O) groups is 2. The van der Waals surface area contributed by atoms with Gasteiger partial charge in [0.25, 0.3) is 0 Å². The number of nitrogens with zero attached hydrogens (tertiary/aromatic N) is 2. The van der Waals surface area contributed by atoms with E-state index in [4.69, 9.17) is 0 Å². The van der Waals surface area contributed by atoms with E-state index in [9.17, 15) is 9.59 Å². The summed E-state index contributed by atoms with van der Waals surface area (Å²) in [5.41, 5.74) is 0. The summed E-state index contributed by atoms with van der Waals surface area (Å²) in [4.78, 5) is 27.0. The molecule has 0 bridgehead atoms. The van der Waals surface area contributed by atoms with Gasteiger partial charge in [-0.2, -0.15) is 0 Å². The summed E-state index contributed by atoms with van der Waals surface area (Å²) < 4.78 is 0. The van der Waals surface area contributed by atoms with Gasteiger partial charge in [0.1, 0.15) is 5.78 Å². The fourth-order valence-electron chi connectivity index (χ4n) is 2.28. The van der Waals surface area contributed by atoms with Crippen LogP contribution in [0.2, 0.25) is 0 Å². The van der Waals surface area contributed by atoms with Crippen molar-refractivity contribution in [2.24, 2.45) is 0 Å². The maximum atomic E-state index is 11.9. The van der Waals surface area contributed by atoms with E-state index < -0.39 is 0 Å². The molecule has 0 aromatic carbocycles. The summed E-state index contributed by atoms with van der Waals surface area (Å²) in [6, 6.07) is 0.607. The smallest absolute Gasteiger partial charge is 0.236 e. The van der Waals surface area contributed by atoms with Gasteiger partial charge in [-0.1, -0.05) is 6.42 Å². The second-order valence-electron chi connectivity index (χ2n) is 4.92. The van der Waals surface area contributed by atoms with Gasteiger partial charge in [0.2, 0.25) is 5.91 Å². The molecule has 2 aliphatic rings. The average Bonchev–Trinajstić information content (AvgIpc) is 2.15. The summed E-state index contributed by atoms with van der Waals surface area (Å²) in [5, 5.41) is 0. The van der Waals surface area contributed by atoms with Gasteiger partial charge >= 0.3 is 0 Å². The van der Waals surface area contributed by atoms with E-state index in [0.29, 0.717) is 38.5 Å². The molecule has 1 heterocycles. The third-order valence-electron chi connectivity index (χ3n) is 3.76. The minimum atomic E-state index is 0.182. The van der Waals surface area contributed by atoms with Crippen LogP contribution in [-0.2, 0) is 9.59 Å². The molecular weight excluding hydrogens is 204 g/mol. The van der Waals surface area contributed by atoms with E-state index in [2.05, 4.69) is 4.90 Å². The lowest BCUT2D eigenvalue weighted by atomic mass is 9.92. The molecule has 0 unspecified atom stereocenters. The monoisotopic (exact) mass is 224 g/mol. The Morgan fingerprint density at radius 2 is 2.00 bits per heavy atom. The van der Waals surface area contributed by atoms with Crippen molar-refractivity contribution in [2.45, 2.75) is 38.1 Å². The lowest BCUT2D eigenvalue weighted by Gasteiger charge is -2.36. The van der Waals surface area contributed by atoms with E-state index in [0.717, 1.165) is 0 Å². The highest BCUT2D eigenvalue weighted by molar-refractivity contribution is 5.84. The molecule has 2 rings (SSSR count). The zero-order valence-corrected chi connectivity index (χ0v) is 9.95. The number of ketones is 1. The van der Waals surface area contributed by atoms with E-state index in [-0.39, 0.29) is 11.7 Å². The molecule has 16 heavy (non-hydrogen) atoms. The third-order valence-corrected chi connectivity index (χ3v) is 3.76. The molecule has 1 aliphatic heterocycles. The fraction of sp³-hybridized carbons (Fsp3) is 0.833. The largest absolute Gasteiger partial charge is 0.341 e. The number of likely N-dealkylation sites (tertiary alicyclic amines) is 1. The first-order valence-electron chi connectivity index (χ1n) is 6.16. The number of carbonyl (C=O) groups excluding carboxylic acids is 2. The van der Waals surface area contributed by atoms with Crippen LogP contribution >= 0.6 is 0 Å². The van der Waals surface area contributed by atoms with Crippen LogP contribution in [0.5, 0.6) is 0 Å². The molecule has 0 spiro atoms. The number of rotatable bonds is 3. The first-order chi connectivity index (χ1) is 7.66. The Bertz CT molecular complexity index is 277. The molecule has 1 amide bonds. The number of Topliss-reactive ketones (excluding diaryl/α,β-unsaturated/α-hetero) is 1. The van der Waals surface area contributed by atoms with Gasteiger partial charge in [-0.25, -0.2) is 0 Å². The van der Waals surface area contributed by atoms with Gasteiger partial charge in [0.05, 0.1) is 6.54 Å². The van der Waals surface area contributed by atoms with Gasteiger partial charge < -0.3 is 4.90 Å². The second-order valence-corrected chi connectivity index (χ2v) is 4.92. The number of amides is 1. The predicted molar refractivity (Wildman–Crippen MR) is 61.1 cm³/mol. The zero-order valence-electron chi connectivity index (χ0n) is 9.95. The van der Waals surface area contributed by atoms with Gasteiger partial charge in [-0.05, 0) is 19.9 Å². The van der Waals surface area contributed by atoms with Crippen LogP contribution in [0.1, 0.15) is 32.1 Å². The van der Waals surface area contributed by atoms with Crippen LogP contribution in [0.3, 0.4) is 0 Å². The maximum Gasteiger partial charge on any atom is 0.236 e. The molecule has 1 saturated carbocycles. The average molecular weight is 224 g/mol. The molecule has 0 aromatic heterocycles. The number of piperidine rings is 1. The zero-order chi connectivity index (χ0) is 11.5. The summed E-state index contributed by atoms with van der Waals surface area (Å²) in [7, 11) is 2.02. The Morgan fingerprint density at radius 3 is 2.50 bits per heavy atom.